The second-order valence-corrected chi connectivity index (χ2v) is 8.21. The third kappa shape index (κ3) is 3.89. The number of benzene rings is 2. The number of aryl methyl sites for hydroxylation is 1. The molecule has 1 aliphatic carbocycles. The van der Waals surface area contributed by atoms with Crippen molar-refractivity contribution in [1.82, 2.24) is 19.9 Å². The minimum atomic E-state index is -0.312. The van der Waals surface area contributed by atoms with Gasteiger partial charge in [-0.1, -0.05) is 29.5 Å². The van der Waals surface area contributed by atoms with E-state index in [9.17, 15) is 14.0 Å². The number of piperazine rings is 1. The van der Waals surface area contributed by atoms with Gasteiger partial charge in [-0.2, -0.15) is 0 Å². The molecular formula is C24H24FN5O3. The molecule has 1 fully saturated rings. The van der Waals surface area contributed by atoms with Gasteiger partial charge in [0, 0.05) is 56.5 Å². The van der Waals surface area contributed by atoms with Crippen molar-refractivity contribution in [2.75, 3.05) is 44.7 Å². The maximum atomic E-state index is 13.5. The number of rotatable bonds is 6. The van der Waals surface area contributed by atoms with Crippen molar-refractivity contribution in [3.63, 3.8) is 0 Å². The average Bonchev–Trinajstić information content (AvgIpc) is 3.27. The zero-order chi connectivity index (χ0) is 22.9. The van der Waals surface area contributed by atoms with Crippen LogP contribution in [0.4, 0.5) is 10.1 Å². The first-order valence-corrected chi connectivity index (χ1v) is 11.0. The summed E-state index contributed by atoms with van der Waals surface area (Å²) >= 11 is 0. The molecule has 2 heterocycles. The smallest absolute Gasteiger partial charge is 0.216 e. The predicted octanol–water partition coefficient (Wildman–Crippen LogP) is 2.41. The molecule has 2 aliphatic rings. The van der Waals surface area contributed by atoms with Gasteiger partial charge in [-0.25, -0.2) is 9.07 Å². The second-order valence-electron chi connectivity index (χ2n) is 8.21. The molecule has 0 saturated carbocycles. The number of halogens is 1. The Labute approximate surface area is 190 Å². The number of anilines is 1. The summed E-state index contributed by atoms with van der Waals surface area (Å²) < 4.78 is 20.4. The van der Waals surface area contributed by atoms with Crippen LogP contribution in [0.2, 0.25) is 0 Å². The molecule has 0 bridgehead atoms. The molecule has 1 aromatic heterocycles. The average molecular weight is 449 g/mol. The van der Waals surface area contributed by atoms with Gasteiger partial charge in [-0.15, -0.1) is 5.10 Å². The van der Waals surface area contributed by atoms with E-state index in [-0.39, 0.29) is 28.8 Å². The lowest BCUT2D eigenvalue weighted by atomic mass is 9.90. The molecule has 3 aromatic rings. The third-order valence-electron chi connectivity index (χ3n) is 6.28. The van der Waals surface area contributed by atoms with Crippen LogP contribution in [-0.2, 0) is 6.54 Å². The van der Waals surface area contributed by atoms with Crippen LogP contribution in [-0.4, -0.2) is 71.3 Å². The molecule has 33 heavy (non-hydrogen) atoms. The summed E-state index contributed by atoms with van der Waals surface area (Å²) in [5.74, 6) is -0.223. The molecule has 0 atom stereocenters. The predicted molar refractivity (Wildman–Crippen MR) is 120 cm³/mol. The van der Waals surface area contributed by atoms with E-state index in [1.807, 2.05) is 0 Å². The molecule has 1 saturated heterocycles. The fourth-order valence-corrected chi connectivity index (χ4v) is 4.55. The Balaban J connectivity index is 1.18. The molecule has 2 aromatic carbocycles. The van der Waals surface area contributed by atoms with Crippen molar-refractivity contribution in [2.45, 2.75) is 13.0 Å². The van der Waals surface area contributed by atoms with Gasteiger partial charge in [-0.3, -0.25) is 14.5 Å². The zero-order valence-corrected chi connectivity index (χ0v) is 18.3. The van der Waals surface area contributed by atoms with Gasteiger partial charge in [-0.05, 0) is 18.6 Å². The van der Waals surface area contributed by atoms with Crippen molar-refractivity contribution in [3.05, 3.63) is 70.8 Å². The van der Waals surface area contributed by atoms with Crippen molar-refractivity contribution in [1.29, 1.82) is 0 Å². The molecule has 0 spiro atoms. The summed E-state index contributed by atoms with van der Waals surface area (Å²) in [6.07, 6.45) is 0.777. The Kier molecular flexibility index (Phi) is 5.63. The number of ketones is 2. The van der Waals surface area contributed by atoms with Crippen LogP contribution in [0.1, 0.15) is 38.5 Å². The molecule has 1 aliphatic heterocycles. The van der Waals surface area contributed by atoms with E-state index < -0.39 is 0 Å². The van der Waals surface area contributed by atoms with Gasteiger partial charge in [0.1, 0.15) is 17.3 Å². The molecule has 0 N–H and O–H groups in total. The van der Waals surface area contributed by atoms with E-state index >= 15 is 0 Å². The van der Waals surface area contributed by atoms with E-state index in [4.69, 9.17) is 4.74 Å². The highest BCUT2D eigenvalue weighted by Gasteiger charge is 2.34. The van der Waals surface area contributed by atoms with Crippen LogP contribution in [0.25, 0.3) is 0 Å². The quantitative estimate of drug-likeness (QED) is 0.447. The molecule has 8 nitrogen and oxygen atoms in total. The molecule has 9 heteroatoms. The molecule has 170 valence electrons. The number of ether oxygens (including phenoxy) is 1. The maximum Gasteiger partial charge on any atom is 0.216 e. The van der Waals surface area contributed by atoms with Gasteiger partial charge in [0.25, 0.3) is 0 Å². The summed E-state index contributed by atoms with van der Waals surface area (Å²) in [4.78, 5) is 30.2. The van der Waals surface area contributed by atoms with Crippen molar-refractivity contribution >= 4 is 17.3 Å². The van der Waals surface area contributed by atoms with E-state index in [1.165, 1.54) is 12.1 Å². The van der Waals surface area contributed by atoms with Gasteiger partial charge < -0.3 is 9.64 Å². The molecule has 0 unspecified atom stereocenters. The number of carbonyl (C=O) groups excluding carboxylic acids is 2. The molecule has 5 rings (SSSR count). The van der Waals surface area contributed by atoms with E-state index in [0.29, 0.717) is 23.4 Å². The highest BCUT2D eigenvalue weighted by molar-refractivity contribution is 6.26. The van der Waals surface area contributed by atoms with E-state index in [2.05, 4.69) is 20.1 Å². The largest absolute Gasteiger partial charge is 0.494 e. The number of nitrogens with zero attached hydrogens (tertiary/aromatic N) is 5. The zero-order valence-electron chi connectivity index (χ0n) is 18.3. The van der Waals surface area contributed by atoms with Crippen LogP contribution >= 0.6 is 0 Å². The van der Waals surface area contributed by atoms with Crippen LogP contribution in [0.5, 0.6) is 5.75 Å². The number of fused-ring (bicyclic) bond motifs is 2. The normalized spacial score (nSPS) is 16.0. The Hall–Kier alpha value is -3.59. The third-order valence-corrected chi connectivity index (χ3v) is 6.28. The van der Waals surface area contributed by atoms with Crippen molar-refractivity contribution < 1.29 is 18.7 Å². The fourth-order valence-electron chi connectivity index (χ4n) is 4.55. The Bertz CT molecular complexity index is 1220. The second kappa shape index (κ2) is 8.74. The summed E-state index contributed by atoms with van der Waals surface area (Å²) in [6.45, 7) is 4.69. The first-order chi connectivity index (χ1) is 16.1. The minimum Gasteiger partial charge on any atom is -0.494 e. The van der Waals surface area contributed by atoms with Gasteiger partial charge >= 0.3 is 0 Å². The monoisotopic (exact) mass is 449 g/mol. The lowest BCUT2D eigenvalue weighted by molar-refractivity contribution is 0.0970. The highest BCUT2D eigenvalue weighted by Crippen LogP contribution is 2.30. The standard InChI is InChI=1S/C24H24FN5O3/c1-33-20-15-16(25)7-8-19(20)29-13-11-28(12-14-29)9-4-10-30-22-21(26-27-30)23(31)17-5-2-3-6-18(17)24(22)32/h2-3,5-8,15H,4,9-14H2,1H3. The number of carbonyl (C=O) groups is 2. The van der Waals surface area contributed by atoms with Gasteiger partial charge in [0.2, 0.25) is 11.6 Å². The molecule has 0 amide bonds. The van der Waals surface area contributed by atoms with Crippen molar-refractivity contribution in [2.24, 2.45) is 0 Å². The first-order valence-electron chi connectivity index (χ1n) is 11.0. The molecular weight excluding hydrogens is 425 g/mol. The Morgan fingerprint density at radius 1 is 0.970 bits per heavy atom. The summed E-state index contributed by atoms with van der Waals surface area (Å²) in [5, 5.41) is 8.10. The number of aromatic nitrogens is 3. The Morgan fingerprint density at radius 3 is 2.42 bits per heavy atom. The van der Waals surface area contributed by atoms with Gasteiger partial charge in [0.15, 0.2) is 5.69 Å². The topological polar surface area (TPSA) is 80.6 Å². The number of methoxy groups -OCH3 is 1. The SMILES string of the molecule is COc1cc(F)ccc1N1CCN(CCCn2nnc3c2C(=O)c2ccccc2C3=O)CC1. The van der Waals surface area contributed by atoms with Crippen LogP contribution < -0.4 is 9.64 Å². The highest BCUT2D eigenvalue weighted by atomic mass is 19.1. The van der Waals surface area contributed by atoms with E-state index in [1.54, 1.807) is 42.1 Å². The fraction of sp³-hybridized carbons (Fsp3) is 0.333. The van der Waals surface area contributed by atoms with Crippen molar-refractivity contribution in [3.8, 4) is 5.75 Å². The van der Waals surface area contributed by atoms with E-state index in [0.717, 1.165) is 44.8 Å². The van der Waals surface area contributed by atoms with Crippen LogP contribution in [0.15, 0.2) is 42.5 Å². The minimum absolute atomic E-state index is 0.139. The van der Waals surface area contributed by atoms with Crippen LogP contribution in [0.3, 0.4) is 0 Å². The summed E-state index contributed by atoms with van der Waals surface area (Å²) in [6, 6.07) is 11.4. The lowest BCUT2D eigenvalue weighted by Crippen LogP contribution is -2.46. The summed E-state index contributed by atoms with van der Waals surface area (Å²) in [5.41, 5.74) is 2.12. The Morgan fingerprint density at radius 2 is 1.70 bits per heavy atom. The lowest BCUT2D eigenvalue weighted by Gasteiger charge is -2.36. The molecule has 0 radical (unpaired) electrons. The number of hydrogen-bond donors (Lipinski definition) is 0. The first kappa shape index (κ1) is 21.3. The maximum absolute atomic E-state index is 13.5. The summed E-state index contributed by atoms with van der Waals surface area (Å²) in [7, 11) is 1.55. The van der Waals surface area contributed by atoms with Gasteiger partial charge in [0.05, 0.1) is 12.8 Å². The van der Waals surface area contributed by atoms with Crippen LogP contribution in [0, 0.1) is 5.82 Å². The number of hydrogen-bond acceptors (Lipinski definition) is 7.